The molecule has 0 spiro atoms. The van der Waals surface area contributed by atoms with Crippen LogP contribution in [0.2, 0.25) is 0 Å². The van der Waals surface area contributed by atoms with Gasteiger partial charge < -0.3 is 14.2 Å². The topological polar surface area (TPSA) is 68.3 Å². The van der Waals surface area contributed by atoms with Gasteiger partial charge in [0.05, 0.1) is 18.0 Å². The van der Waals surface area contributed by atoms with E-state index in [9.17, 15) is 8.42 Å². The summed E-state index contributed by atoms with van der Waals surface area (Å²) < 4.78 is 47.3. The smallest absolute Gasteiger partial charge is 0.243 e. The maximum Gasteiger partial charge on any atom is 0.243 e. The van der Waals surface area contributed by atoms with E-state index in [0.717, 1.165) is 42.1 Å². The standard InChI is InChI=1S/C32H40N2O5S/c1-25-10-16-30(17-11-25)40(35,36)34-23-27-8-7-9-31(37-2)32(27)39-24-28(34)22-26-12-14-29(15-13-26)38-21-20-33-18-5-3-4-6-19-33/h7-17,28H,3-6,18-24H2,1-2H3/t28-/m0/s1. The van der Waals surface area contributed by atoms with Crippen LogP contribution in [0.15, 0.2) is 71.6 Å². The maximum absolute atomic E-state index is 14.0. The molecule has 0 radical (unpaired) electrons. The molecule has 0 aliphatic carbocycles. The zero-order valence-corrected chi connectivity index (χ0v) is 24.4. The van der Waals surface area contributed by atoms with Gasteiger partial charge in [-0.15, -0.1) is 0 Å². The summed E-state index contributed by atoms with van der Waals surface area (Å²) in [5.74, 6) is 2.04. The molecule has 40 heavy (non-hydrogen) atoms. The number of rotatable bonds is 9. The summed E-state index contributed by atoms with van der Waals surface area (Å²) in [7, 11) is -2.19. The van der Waals surface area contributed by atoms with Crippen LogP contribution in [0.5, 0.6) is 17.2 Å². The van der Waals surface area contributed by atoms with Crippen LogP contribution in [0, 0.1) is 6.92 Å². The van der Waals surface area contributed by atoms with Crippen LogP contribution in [0.1, 0.15) is 42.4 Å². The lowest BCUT2D eigenvalue weighted by atomic mass is 10.1. The quantitative estimate of drug-likeness (QED) is 0.344. The molecule has 5 rings (SSSR count). The molecular formula is C32H40N2O5S. The molecule has 3 aromatic carbocycles. The monoisotopic (exact) mass is 564 g/mol. The van der Waals surface area contributed by atoms with E-state index in [2.05, 4.69) is 4.90 Å². The first-order valence-electron chi connectivity index (χ1n) is 14.3. The predicted molar refractivity (Wildman–Crippen MR) is 157 cm³/mol. The number of hydrogen-bond acceptors (Lipinski definition) is 6. The van der Waals surface area contributed by atoms with Gasteiger partial charge in [-0.3, -0.25) is 4.90 Å². The second-order valence-electron chi connectivity index (χ2n) is 10.7. The minimum atomic E-state index is -3.78. The molecule has 214 valence electrons. The fourth-order valence-corrected chi connectivity index (χ4v) is 7.09. The van der Waals surface area contributed by atoms with Gasteiger partial charge in [0.1, 0.15) is 19.0 Å². The van der Waals surface area contributed by atoms with Crippen molar-refractivity contribution in [1.29, 1.82) is 0 Å². The van der Waals surface area contributed by atoms with Crippen LogP contribution in [-0.2, 0) is 23.0 Å². The molecule has 2 aliphatic rings. The zero-order valence-electron chi connectivity index (χ0n) is 23.6. The SMILES string of the molecule is COc1cccc2c1OC[C@H](Cc1ccc(OCCN3CCCCCC3)cc1)N(S(=O)(=O)c1ccc(C)cc1)C2. The van der Waals surface area contributed by atoms with E-state index in [1.165, 1.54) is 25.7 Å². The number of methoxy groups -OCH3 is 1. The average Bonchev–Trinajstić information content (AvgIpc) is 3.34. The number of para-hydroxylation sites is 1. The summed E-state index contributed by atoms with van der Waals surface area (Å²) in [6.45, 7) is 6.28. The van der Waals surface area contributed by atoms with Gasteiger partial charge in [-0.2, -0.15) is 4.31 Å². The lowest BCUT2D eigenvalue weighted by Crippen LogP contribution is -2.43. The Kier molecular flexibility index (Phi) is 9.29. The van der Waals surface area contributed by atoms with Gasteiger partial charge in [0.15, 0.2) is 11.5 Å². The molecule has 0 unspecified atom stereocenters. The summed E-state index contributed by atoms with van der Waals surface area (Å²) in [4.78, 5) is 2.77. The normalized spacial score (nSPS) is 18.7. The third-order valence-corrected chi connectivity index (χ3v) is 9.74. The molecule has 2 aliphatic heterocycles. The van der Waals surface area contributed by atoms with Crippen LogP contribution >= 0.6 is 0 Å². The Hall–Kier alpha value is -3.07. The lowest BCUT2D eigenvalue weighted by molar-refractivity contribution is 0.212. The van der Waals surface area contributed by atoms with Crippen molar-refractivity contribution in [3.8, 4) is 17.2 Å². The third-order valence-electron chi connectivity index (χ3n) is 7.83. The van der Waals surface area contributed by atoms with Gasteiger partial charge >= 0.3 is 0 Å². The Morgan fingerprint density at radius 3 is 2.35 bits per heavy atom. The van der Waals surface area contributed by atoms with Crippen molar-refractivity contribution in [2.75, 3.05) is 40.0 Å². The van der Waals surface area contributed by atoms with Crippen molar-refractivity contribution in [3.63, 3.8) is 0 Å². The van der Waals surface area contributed by atoms with Crippen LogP contribution in [0.3, 0.4) is 0 Å². The highest BCUT2D eigenvalue weighted by molar-refractivity contribution is 7.89. The summed E-state index contributed by atoms with van der Waals surface area (Å²) in [5, 5.41) is 0. The number of nitrogens with zero attached hydrogens (tertiary/aromatic N) is 2. The first-order valence-corrected chi connectivity index (χ1v) is 15.7. The van der Waals surface area contributed by atoms with Crippen LogP contribution in [0.4, 0.5) is 0 Å². The highest BCUT2D eigenvalue weighted by Crippen LogP contribution is 2.37. The summed E-state index contributed by atoms with van der Waals surface area (Å²) in [6, 6.07) is 20.2. The molecule has 3 aromatic rings. The molecule has 0 saturated carbocycles. The van der Waals surface area contributed by atoms with E-state index in [0.29, 0.717) is 24.5 Å². The van der Waals surface area contributed by atoms with Gasteiger partial charge in [0, 0.05) is 18.7 Å². The molecule has 0 amide bonds. The van der Waals surface area contributed by atoms with Crippen molar-refractivity contribution in [2.45, 2.75) is 56.5 Å². The van der Waals surface area contributed by atoms with E-state index < -0.39 is 16.1 Å². The van der Waals surface area contributed by atoms with Gasteiger partial charge in [0.2, 0.25) is 10.0 Å². The maximum atomic E-state index is 14.0. The summed E-state index contributed by atoms with van der Waals surface area (Å²) in [5.41, 5.74) is 2.82. The van der Waals surface area contributed by atoms with Crippen molar-refractivity contribution >= 4 is 10.0 Å². The molecule has 0 bridgehead atoms. The summed E-state index contributed by atoms with van der Waals surface area (Å²) in [6.07, 6.45) is 5.71. The van der Waals surface area contributed by atoms with Gasteiger partial charge in [-0.25, -0.2) is 8.42 Å². The minimum absolute atomic E-state index is 0.200. The van der Waals surface area contributed by atoms with Crippen molar-refractivity contribution in [1.82, 2.24) is 9.21 Å². The Labute approximate surface area is 238 Å². The van der Waals surface area contributed by atoms with Gasteiger partial charge in [0.25, 0.3) is 0 Å². The number of likely N-dealkylation sites (tertiary alicyclic amines) is 1. The summed E-state index contributed by atoms with van der Waals surface area (Å²) >= 11 is 0. The van der Waals surface area contributed by atoms with Crippen molar-refractivity contribution < 1.29 is 22.6 Å². The first kappa shape index (κ1) is 28.5. The molecule has 1 fully saturated rings. The van der Waals surface area contributed by atoms with Crippen molar-refractivity contribution in [2.24, 2.45) is 0 Å². The van der Waals surface area contributed by atoms with E-state index in [1.54, 1.807) is 23.5 Å². The van der Waals surface area contributed by atoms with Crippen LogP contribution in [0.25, 0.3) is 0 Å². The largest absolute Gasteiger partial charge is 0.493 e. The number of sulfonamides is 1. The predicted octanol–water partition coefficient (Wildman–Crippen LogP) is 5.45. The Morgan fingerprint density at radius 2 is 1.65 bits per heavy atom. The molecule has 8 heteroatoms. The molecule has 2 heterocycles. The van der Waals surface area contributed by atoms with Crippen LogP contribution in [-0.4, -0.2) is 63.6 Å². The second-order valence-corrected chi connectivity index (χ2v) is 12.6. The Balaban J connectivity index is 1.32. The number of ether oxygens (including phenoxy) is 3. The Morgan fingerprint density at radius 1 is 0.925 bits per heavy atom. The molecule has 0 N–H and O–H groups in total. The number of fused-ring (bicyclic) bond motifs is 1. The highest BCUT2D eigenvalue weighted by Gasteiger charge is 2.36. The van der Waals surface area contributed by atoms with Gasteiger partial charge in [-0.1, -0.05) is 54.8 Å². The number of benzene rings is 3. The fraction of sp³-hybridized carbons (Fsp3) is 0.438. The zero-order chi connectivity index (χ0) is 28.0. The van der Waals surface area contributed by atoms with E-state index in [4.69, 9.17) is 14.2 Å². The highest BCUT2D eigenvalue weighted by atomic mass is 32.2. The van der Waals surface area contributed by atoms with E-state index in [-0.39, 0.29) is 18.0 Å². The molecule has 7 nitrogen and oxygen atoms in total. The molecular weight excluding hydrogens is 524 g/mol. The van der Waals surface area contributed by atoms with E-state index in [1.807, 2.05) is 61.5 Å². The average molecular weight is 565 g/mol. The van der Waals surface area contributed by atoms with Crippen molar-refractivity contribution in [3.05, 3.63) is 83.4 Å². The molecule has 1 atom stereocenters. The number of hydrogen-bond donors (Lipinski definition) is 0. The fourth-order valence-electron chi connectivity index (χ4n) is 5.50. The molecule has 1 saturated heterocycles. The molecule has 0 aromatic heterocycles. The second kappa shape index (κ2) is 13.1. The van der Waals surface area contributed by atoms with E-state index >= 15 is 0 Å². The first-order chi connectivity index (χ1) is 19.4. The minimum Gasteiger partial charge on any atom is -0.493 e. The van der Waals surface area contributed by atoms with Crippen LogP contribution < -0.4 is 14.2 Å². The number of aryl methyl sites for hydroxylation is 1. The lowest BCUT2D eigenvalue weighted by Gasteiger charge is -2.28. The third kappa shape index (κ3) is 6.79. The Bertz CT molecular complexity index is 1350. The van der Waals surface area contributed by atoms with Gasteiger partial charge in [-0.05, 0) is 75.2 Å².